The summed E-state index contributed by atoms with van der Waals surface area (Å²) < 4.78 is 0. The van der Waals surface area contributed by atoms with Gasteiger partial charge in [0.05, 0.1) is 5.56 Å². The van der Waals surface area contributed by atoms with Crippen molar-refractivity contribution in [3.8, 4) is 23.2 Å². The van der Waals surface area contributed by atoms with Crippen molar-refractivity contribution < 1.29 is 0 Å². The van der Waals surface area contributed by atoms with Crippen molar-refractivity contribution in [2.75, 3.05) is 0 Å². The third kappa shape index (κ3) is 5.18. The number of halogens is 1. The summed E-state index contributed by atoms with van der Waals surface area (Å²) in [6, 6.07) is 7.54. The summed E-state index contributed by atoms with van der Waals surface area (Å²) in [6.07, 6.45) is 13.1. The van der Waals surface area contributed by atoms with Gasteiger partial charge in [-0.1, -0.05) is 29.5 Å². The van der Waals surface area contributed by atoms with Crippen molar-refractivity contribution in [3.63, 3.8) is 0 Å². The molecule has 0 atom stereocenters. The van der Waals surface area contributed by atoms with E-state index in [-0.39, 0.29) is 0 Å². The second kappa shape index (κ2) is 8.83. The Labute approximate surface area is 155 Å². The fourth-order valence-corrected chi connectivity index (χ4v) is 3.40. The molecule has 2 aromatic rings. The second-order valence-electron chi connectivity index (χ2n) is 6.66. The Kier molecular flexibility index (Phi) is 6.25. The van der Waals surface area contributed by atoms with Crippen LogP contribution >= 0.6 is 11.6 Å². The molecule has 3 heteroatoms. The first kappa shape index (κ1) is 17.7. The van der Waals surface area contributed by atoms with Crippen LogP contribution in [0.15, 0.2) is 49.3 Å². The van der Waals surface area contributed by atoms with Gasteiger partial charge in [-0.05, 0) is 68.7 Å². The third-order valence-corrected chi connectivity index (χ3v) is 5.05. The van der Waals surface area contributed by atoms with Crippen LogP contribution in [0.4, 0.5) is 0 Å². The Morgan fingerprint density at radius 3 is 2.40 bits per heavy atom. The highest BCUT2D eigenvalue weighted by Gasteiger charge is 2.18. The van der Waals surface area contributed by atoms with Crippen molar-refractivity contribution in [1.29, 1.82) is 0 Å². The van der Waals surface area contributed by atoms with Crippen molar-refractivity contribution in [3.05, 3.63) is 59.9 Å². The molecule has 2 nitrogen and oxygen atoms in total. The van der Waals surface area contributed by atoms with E-state index in [4.69, 9.17) is 11.6 Å². The maximum atomic E-state index is 5.91. The molecule has 1 aliphatic carbocycles. The Balaban J connectivity index is 1.57. The lowest BCUT2D eigenvalue weighted by Gasteiger charge is -2.25. The maximum absolute atomic E-state index is 5.91. The van der Waals surface area contributed by atoms with Gasteiger partial charge in [-0.3, -0.25) is 0 Å². The van der Waals surface area contributed by atoms with E-state index in [0.717, 1.165) is 23.5 Å². The first-order valence-corrected chi connectivity index (χ1v) is 9.33. The molecule has 1 fully saturated rings. The zero-order valence-corrected chi connectivity index (χ0v) is 15.2. The van der Waals surface area contributed by atoms with Gasteiger partial charge in [0.1, 0.15) is 0 Å². The van der Waals surface area contributed by atoms with E-state index >= 15 is 0 Å². The van der Waals surface area contributed by atoms with Crippen molar-refractivity contribution in [2.24, 2.45) is 11.8 Å². The zero-order valence-electron chi connectivity index (χ0n) is 14.4. The van der Waals surface area contributed by atoms with Crippen LogP contribution in [0.25, 0.3) is 11.4 Å². The summed E-state index contributed by atoms with van der Waals surface area (Å²) in [5.74, 6) is 8.73. The lowest BCUT2D eigenvalue weighted by Crippen LogP contribution is -2.13. The molecular weight excluding hydrogens is 328 g/mol. The minimum Gasteiger partial charge on any atom is -0.235 e. The van der Waals surface area contributed by atoms with E-state index in [1.807, 2.05) is 30.3 Å². The van der Waals surface area contributed by atoms with E-state index in [9.17, 15) is 0 Å². The molecule has 3 rings (SSSR count). The largest absolute Gasteiger partial charge is 0.235 e. The SMILES string of the molecule is C=CCC[C@H]1CC[C@H](C#Cc2cnc(-c3ccc(Cl)cc3)nc2)CC1. The van der Waals surface area contributed by atoms with Gasteiger partial charge in [0.15, 0.2) is 5.82 Å². The van der Waals surface area contributed by atoms with Crippen molar-refractivity contribution in [2.45, 2.75) is 38.5 Å². The summed E-state index contributed by atoms with van der Waals surface area (Å²) in [5, 5.41) is 0.713. The summed E-state index contributed by atoms with van der Waals surface area (Å²) in [7, 11) is 0. The molecule has 0 radical (unpaired) electrons. The topological polar surface area (TPSA) is 25.8 Å². The van der Waals surface area contributed by atoms with Gasteiger partial charge in [0.25, 0.3) is 0 Å². The van der Waals surface area contributed by atoms with E-state index < -0.39 is 0 Å². The molecule has 1 aromatic heterocycles. The molecule has 25 heavy (non-hydrogen) atoms. The third-order valence-electron chi connectivity index (χ3n) is 4.80. The number of rotatable bonds is 4. The predicted molar refractivity (Wildman–Crippen MR) is 104 cm³/mol. The monoisotopic (exact) mass is 350 g/mol. The molecule has 1 heterocycles. The van der Waals surface area contributed by atoms with E-state index in [2.05, 4.69) is 28.4 Å². The molecule has 128 valence electrons. The van der Waals surface area contributed by atoms with Crippen LogP contribution in [-0.4, -0.2) is 9.97 Å². The van der Waals surface area contributed by atoms with Crippen molar-refractivity contribution in [1.82, 2.24) is 9.97 Å². The molecule has 1 saturated carbocycles. The Morgan fingerprint density at radius 2 is 1.76 bits per heavy atom. The highest BCUT2D eigenvalue weighted by atomic mass is 35.5. The van der Waals surface area contributed by atoms with Gasteiger partial charge in [-0.2, -0.15) is 0 Å². The number of allylic oxidation sites excluding steroid dienone is 1. The Hall–Kier alpha value is -2.11. The molecule has 1 aromatic carbocycles. The first-order chi connectivity index (χ1) is 12.2. The number of hydrogen-bond donors (Lipinski definition) is 0. The quantitative estimate of drug-likeness (QED) is 0.505. The number of nitrogens with zero attached hydrogens (tertiary/aromatic N) is 2. The van der Waals surface area contributed by atoms with Gasteiger partial charge in [-0.25, -0.2) is 9.97 Å². The normalized spacial score (nSPS) is 19.7. The van der Waals surface area contributed by atoms with Crippen LogP contribution in [0.5, 0.6) is 0 Å². The fraction of sp³-hybridized carbons (Fsp3) is 0.364. The highest BCUT2D eigenvalue weighted by molar-refractivity contribution is 6.30. The maximum Gasteiger partial charge on any atom is 0.159 e. The molecule has 1 aliphatic rings. The molecule has 0 bridgehead atoms. The van der Waals surface area contributed by atoms with Gasteiger partial charge in [0, 0.05) is 28.9 Å². The van der Waals surface area contributed by atoms with Crippen LogP contribution in [0.3, 0.4) is 0 Å². The van der Waals surface area contributed by atoms with Crippen LogP contribution < -0.4 is 0 Å². The lowest BCUT2D eigenvalue weighted by molar-refractivity contribution is 0.303. The molecule has 0 aliphatic heterocycles. The summed E-state index contributed by atoms with van der Waals surface area (Å²) in [6.45, 7) is 3.81. The minimum atomic E-state index is 0.510. The summed E-state index contributed by atoms with van der Waals surface area (Å²) in [5.41, 5.74) is 1.84. The van der Waals surface area contributed by atoms with Gasteiger partial charge < -0.3 is 0 Å². The smallest absolute Gasteiger partial charge is 0.159 e. The average Bonchev–Trinajstić information content (AvgIpc) is 2.67. The van der Waals surface area contributed by atoms with Gasteiger partial charge in [-0.15, -0.1) is 6.58 Å². The average molecular weight is 351 g/mol. The summed E-state index contributed by atoms with van der Waals surface area (Å²) in [4.78, 5) is 8.84. The van der Waals surface area contributed by atoms with Gasteiger partial charge >= 0.3 is 0 Å². The van der Waals surface area contributed by atoms with Crippen LogP contribution in [-0.2, 0) is 0 Å². The molecule has 0 spiro atoms. The Bertz CT molecular complexity index is 745. The highest BCUT2D eigenvalue weighted by Crippen LogP contribution is 2.31. The molecule has 0 saturated heterocycles. The molecular formula is C22H23ClN2. The molecule has 0 N–H and O–H groups in total. The van der Waals surface area contributed by atoms with Crippen LogP contribution in [0.2, 0.25) is 5.02 Å². The second-order valence-corrected chi connectivity index (χ2v) is 7.09. The fourth-order valence-electron chi connectivity index (χ4n) is 3.28. The number of hydrogen-bond acceptors (Lipinski definition) is 2. The Morgan fingerprint density at radius 1 is 1.08 bits per heavy atom. The molecule has 0 unspecified atom stereocenters. The standard InChI is InChI=1S/C22H23ClN2/c1-2-3-4-17-5-7-18(8-6-17)9-10-19-15-24-22(25-16-19)20-11-13-21(23)14-12-20/h2,11-18H,1,3-8H2/t17-,18-. The number of aromatic nitrogens is 2. The predicted octanol–water partition coefficient (Wildman–Crippen LogP) is 5.92. The van der Waals surface area contributed by atoms with Gasteiger partial charge in [0.2, 0.25) is 0 Å². The van der Waals surface area contributed by atoms with Crippen LogP contribution in [0.1, 0.15) is 44.1 Å². The van der Waals surface area contributed by atoms with Crippen LogP contribution in [0, 0.1) is 23.7 Å². The molecule has 0 amide bonds. The van der Waals surface area contributed by atoms with E-state index in [1.165, 1.54) is 32.1 Å². The van der Waals surface area contributed by atoms with E-state index in [0.29, 0.717) is 16.8 Å². The van der Waals surface area contributed by atoms with Crippen molar-refractivity contribution >= 4 is 11.6 Å². The summed E-state index contributed by atoms with van der Waals surface area (Å²) >= 11 is 5.91. The first-order valence-electron chi connectivity index (χ1n) is 8.95. The zero-order chi connectivity index (χ0) is 17.5. The number of benzene rings is 1. The lowest BCUT2D eigenvalue weighted by atomic mass is 9.80. The van der Waals surface area contributed by atoms with E-state index in [1.54, 1.807) is 12.4 Å². The minimum absolute atomic E-state index is 0.510.